The van der Waals surface area contributed by atoms with Gasteiger partial charge in [0.1, 0.15) is 0 Å². The molecule has 4 nitrogen and oxygen atoms in total. The molecule has 0 aliphatic rings. The second kappa shape index (κ2) is 16.2. The normalized spacial score (nSPS) is 11.7. The van der Waals surface area contributed by atoms with E-state index in [0.717, 1.165) is 34.1 Å². The van der Waals surface area contributed by atoms with Crippen molar-refractivity contribution in [2.45, 2.75) is 0 Å². The first-order valence-electron chi connectivity index (χ1n) is 24.0. The molecule has 14 rings (SSSR count). The Hall–Kier alpha value is -9.38. The standard InChI is InChI=1S/C66H44N4/c1-2-14-49(15-3-1)70-65-25-13-8-20-59(65)60-43-32-48(44-66(60)70)47-28-26-45(27-29-47)46-30-33-50(34-31-46)67(51-35-39-53(40-36-51)68-61-21-9-4-16-55(61)56-17-5-10-22-62(56)68)52-37-41-54(42-38-52)69-63-23-11-6-18-57(63)58-19-7-12-24-64(58)69/h1-44H. The number of nitrogens with zero attached hydrogens (tertiary/aromatic N) is 4. The van der Waals surface area contributed by atoms with Crippen LogP contribution in [0.15, 0.2) is 267 Å². The van der Waals surface area contributed by atoms with Gasteiger partial charge in [0.25, 0.3) is 0 Å². The van der Waals surface area contributed by atoms with Gasteiger partial charge < -0.3 is 18.6 Å². The van der Waals surface area contributed by atoms with Crippen LogP contribution in [-0.2, 0) is 0 Å². The Morgan fingerprint density at radius 2 is 0.471 bits per heavy atom. The minimum Gasteiger partial charge on any atom is -0.311 e. The Bertz CT molecular complexity index is 3990. The molecular weight excluding hydrogens is 849 g/mol. The lowest BCUT2D eigenvalue weighted by molar-refractivity contribution is 1.17. The number of hydrogen-bond donors (Lipinski definition) is 0. The van der Waals surface area contributed by atoms with Gasteiger partial charge in [0.05, 0.1) is 33.1 Å². The molecular formula is C66H44N4. The van der Waals surface area contributed by atoms with Gasteiger partial charge in [-0.05, 0) is 131 Å². The van der Waals surface area contributed by atoms with Crippen molar-refractivity contribution in [2.24, 2.45) is 0 Å². The highest BCUT2D eigenvalue weighted by molar-refractivity contribution is 6.11. The average molecular weight is 893 g/mol. The van der Waals surface area contributed by atoms with Crippen LogP contribution in [0.2, 0.25) is 0 Å². The summed E-state index contributed by atoms with van der Waals surface area (Å²) in [5.41, 5.74) is 18.6. The molecule has 0 unspecified atom stereocenters. The van der Waals surface area contributed by atoms with Crippen molar-refractivity contribution in [3.63, 3.8) is 0 Å². The van der Waals surface area contributed by atoms with Crippen LogP contribution in [-0.4, -0.2) is 13.7 Å². The molecule has 0 radical (unpaired) electrons. The van der Waals surface area contributed by atoms with Gasteiger partial charge in [-0.1, -0.05) is 158 Å². The van der Waals surface area contributed by atoms with Crippen molar-refractivity contribution >= 4 is 82.5 Å². The van der Waals surface area contributed by atoms with Gasteiger partial charge in [0, 0.05) is 66.4 Å². The van der Waals surface area contributed by atoms with Crippen molar-refractivity contribution in [3.8, 4) is 39.3 Å². The van der Waals surface area contributed by atoms with Crippen molar-refractivity contribution in [2.75, 3.05) is 4.90 Å². The highest BCUT2D eigenvalue weighted by Gasteiger charge is 2.18. The van der Waals surface area contributed by atoms with Crippen molar-refractivity contribution in [1.29, 1.82) is 0 Å². The summed E-state index contributed by atoms with van der Waals surface area (Å²) in [7, 11) is 0. The highest BCUT2D eigenvalue weighted by Crippen LogP contribution is 2.40. The zero-order valence-corrected chi connectivity index (χ0v) is 38.2. The number of aromatic nitrogens is 3. The van der Waals surface area contributed by atoms with Crippen LogP contribution >= 0.6 is 0 Å². The Labute approximate surface area is 405 Å². The SMILES string of the molecule is c1ccc(-n2c3ccccc3c3ccc(-c4ccc(-c5ccc(N(c6ccc(-n7c8ccccc8c8ccccc87)cc6)c6ccc(-n7c8ccccc8c8ccccc87)cc6)cc5)cc4)cc32)cc1. The second-order valence-corrected chi connectivity index (χ2v) is 18.2. The van der Waals surface area contributed by atoms with E-state index in [1.54, 1.807) is 0 Å². The largest absolute Gasteiger partial charge is 0.311 e. The maximum atomic E-state index is 2.38. The fourth-order valence-electron chi connectivity index (χ4n) is 11.0. The maximum absolute atomic E-state index is 2.38. The number of benzene rings is 11. The molecule has 0 N–H and O–H groups in total. The van der Waals surface area contributed by atoms with E-state index >= 15 is 0 Å². The molecule has 0 spiro atoms. The lowest BCUT2D eigenvalue weighted by Crippen LogP contribution is -2.10. The molecule has 0 bridgehead atoms. The Kier molecular flexibility index (Phi) is 9.17. The van der Waals surface area contributed by atoms with Crippen LogP contribution in [0.3, 0.4) is 0 Å². The third kappa shape index (κ3) is 6.38. The molecule has 0 saturated carbocycles. The molecule has 0 atom stereocenters. The van der Waals surface area contributed by atoms with E-state index in [0.29, 0.717) is 0 Å². The first kappa shape index (κ1) is 39.8. The average Bonchev–Trinajstić information content (AvgIpc) is 4.08. The summed E-state index contributed by atoms with van der Waals surface area (Å²) in [5.74, 6) is 0. The lowest BCUT2D eigenvalue weighted by atomic mass is 9.99. The number of rotatable bonds is 8. The zero-order chi connectivity index (χ0) is 46.1. The van der Waals surface area contributed by atoms with E-state index in [9.17, 15) is 0 Å². The summed E-state index contributed by atoms with van der Waals surface area (Å²) in [5, 5.41) is 7.54. The van der Waals surface area contributed by atoms with Crippen molar-refractivity contribution in [3.05, 3.63) is 267 Å². The summed E-state index contributed by atoms with van der Waals surface area (Å²) < 4.78 is 7.14. The maximum Gasteiger partial charge on any atom is 0.0547 e. The van der Waals surface area contributed by atoms with E-state index in [-0.39, 0.29) is 0 Å². The van der Waals surface area contributed by atoms with Crippen LogP contribution in [0.5, 0.6) is 0 Å². The monoisotopic (exact) mass is 892 g/mol. The molecule has 3 aromatic heterocycles. The van der Waals surface area contributed by atoms with Gasteiger partial charge >= 0.3 is 0 Å². The Balaban J connectivity index is 0.827. The molecule has 70 heavy (non-hydrogen) atoms. The van der Waals surface area contributed by atoms with Gasteiger partial charge in [-0.15, -0.1) is 0 Å². The molecule has 0 saturated heterocycles. The van der Waals surface area contributed by atoms with Crippen LogP contribution in [0, 0.1) is 0 Å². The predicted molar refractivity (Wildman–Crippen MR) is 295 cm³/mol. The highest BCUT2D eigenvalue weighted by atomic mass is 15.1. The molecule has 0 aliphatic carbocycles. The quantitative estimate of drug-likeness (QED) is 0.149. The lowest BCUT2D eigenvalue weighted by Gasteiger charge is -2.26. The molecule has 0 aliphatic heterocycles. The fourth-order valence-corrected chi connectivity index (χ4v) is 11.0. The predicted octanol–water partition coefficient (Wildman–Crippen LogP) is 17.8. The van der Waals surface area contributed by atoms with Gasteiger partial charge in [-0.25, -0.2) is 0 Å². The molecule has 14 aromatic rings. The minimum absolute atomic E-state index is 1.08. The van der Waals surface area contributed by atoms with E-state index in [2.05, 4.69) is 286 Å². The van der Waals surface area contributed by atoms with Crippen molar-refractivity contribution < 1.29 is 0 Å². The molecule has 0 amide bonds. The third-order valence-electron chi connectivity index (χ3n) is 14.3. The van der Waals surface area contributed by atoms with E-state index < -0.39 is 0 Å². The number of para-hydroxylation sites is 6. The van der Waals surface area contributed by atoms with E-state index in [1.807, 2.05) is 0 Å². The zero-order valence-electron chi connectivity index (χ0n) is 38.2. The minimum atomic E-state index is 1.08. The van der Waals surface area contributed by atoms with Crippen LogP contribution in [0.4, 0.5) is 17.1 Å². The third-order valence-corrected chi connectivity index (χ3v) is 14.3. The molecule has 0 fully saturated rings. The van der Waals surface area contributed by atoms with Crippen LogP contribution in [0.1, 0.15) is 0 Å². The number of anilines is 3. The van der Waals surface area contributed by atoms with Gasteiger partial charge in [-0.2, -0.15) is 0 Å². The number of fused-ring (bicyclic) bond motifs is 9. The topological polar surface area (TPSA) is 18.0 Å². The van der Waals surface area contributed by atoms with Gasteiger partial charge in [0.2, 0.25) is 0 Å². The van der Waals surface area contributed by atoms with Gasteiger partial charge in [-0.3, -0.25) is 0 Å². The Morgan fingerprint density at radius 1 is 0.200 bits per heavy atom. The number of hydrogen-bond acceptors (Lipinski definition) is 1. The van der Waals surface area contributed by atoms with Crippen LogP contribution in [0.25, 0.3) is 105 Å². The molecule has 328 valence electrons. The summed E-state index contributed by atoms with van der Waals surface area (Å²) in [6, 6.07) is 97.0. The van der Waals surface area contributed by atoms with Gasteiger partial charge in [0.15, 0.2) is 0 Å². The molecule has 3 heterocycles. The van der Waals surface area contributed by atoms with E-state index in [1.165, 1.54) is 87.7 Å². The summed E-state index contributed by atoms with van der Waals surface area (Å²) in [4.78, 5) is 2.36. The summed E-state index contributed by atoms with van der Waals surface area (Å²) >= 11 is 0. The van der Waals surface area contributed by atoms with Crippen molar-refractivity contribution in [1.82, 2.24) is 13.7 Å². The smallest absolute Gasteiger partial charge is 0.0547 e. The van der Waals surface area contributed by atoms with Crippen LogP contribution < -0.4 is 4.90 Å². The first-order valence-corrected chi connectivity index (χ1v) is 24.0. The Morgan fingerprint density at radius 3 is 0.871 bits per heavy atom. The fraction of sp³-hybridized carbons (Fsp3) is 0. The molecule has 4 heteroatoms. The molecule has 11 aromatic carbocycles. The second-order valence-electron chi connectivity index (χ2n) is 18.2. The summed E-state index contributed by atoms with van der Waals surface area (Å²) in [6.07, 6.45) is 0. The van der Waals surface area contributed by atoms with E-state index in [4.69, 9.17) is 0 Å². The summed E-state index contributed by atoms with van der Waals surface area (Å²) in [6.45, 7) is 0. The first-order chi connectivity index (χ1) is 34.7.